The summed E-state index contributed by atoms with van der Waals surface area (Å²) in [5, 5.41) is 12.8. The summed E-state index contributed by atoms with van der Waals surface area (Å²) in [6.07, 6.45) is -3.94. The molecule has 1 rings (SSSR count). The number of alkyl halides is 3. The first-order chi connectivity index (χ1) is 6.86. The summed E-state index contributed by atoms with van der Waals surface area (Å²) in [6, 6.07) is 0.475. The quantitative estimate of drug-likeness (QED) is 0.608. The second kappa shape index (κ2) is 3.71. The van der Waals surface area contributed by atoms with Crippen LogP contribution in [0, 0.1) is 10.1 Å². The first-order valence-electron chi connectivity index (χ1n) is 3.81. The van der Waals surface area contributed by atoms with Gasteiger partial charge in [-0.2, -0.15) is 13.2 Å². The summed E-state index contributed by atoms with van der Waals surface area (Å²) < 4.78 is 36.6. The number of hydrogen-bond acceptors (Lipinski definition) is 3. The van der Waals surface area contributed by atoms with Crippen LogP contribution in [0.3, 0.4) is 0 Å². The summed E-state index contributed by atoms with van der Waals surface area (Å²) >= 11 is 0. The highest BCUT2D eigenvalue weighted by atomic mass is 19.4. The Morgan fingerprint density at radius 3 is 2.53 bits per heavy atom. The maximum Gasteiger partial charge on any atom is 0.420 e. The molecule has 0 saturated carbocycles. The second-order valence-corrected chi connectivity index (χ2v) is 2.65. The van der Waals surface area contributed by atoms with Crippen LogP contribution < -0.4 is 10.3 Å². The SMILES string of the molecule is CNc1[nH+]cc(C(F)(F)F)cc1[N+](=O)[O-]. The molecule has 1 aromatic heterocycles. The molecule has 5 nitrogen and oxygen atoms in total. The van der Waals surface area contributed by atoms with Gasteiger partial charge in [0.2, 0.25) is 0 Å². The number of aromatic nitrogens is 1. The first kappa shape index (κ1) is 11.2. The molecular formula is C7H7F3N3O2+. The Morgan fingerprint density at radius 1 is 1.53 bits per heavy atom. The van der Waals surface area contributed by atoms with Gasteiger partial charge in [-0.1, -0.05) is 0 Å². The van der Waals surface area contributed by atoms with E-state index in [1.54, 1.807) is 0 Å². The number of aromatic amines is 1. The van der Waals surface area contributed by atoms with Crippen molar-refractivity contribution in [2.45, 2.75) is 6.18 Å². The molecule has 0 aliphatic heterocycles. The van der Waals surface area contributed by atoms with Gasteiger partial charge in [0, 0.05) is 6.07 Å². The van der Waals surface area contributed by atoms with Gasteiger partial charge in [0.1, 0.15) is 11.8 Å². The van der Waals surface area contributed by atoms with Crippen molar-refractivity contribution in [1.29, 1.82) is 0 Å². The van der Waals surface area contributed by atoms with Crippen molar-refractivity contribution in [2.75, 3.05) is 12.4 Å². The van der Waals surface area contributed by atoms with Crippen LogP contribution in [0.2, 0.25) is 0 Å². The molecular weight excluding hydrogens is 215 g/mol. The van der Waals surface area contributed by atoms with E-state index >= 15 is 0 Å². The van der Waals surface area contributed by atoms with Crippen molar-refractivity contribution in [3.05, 3.63) is 27.9 Å². The fraction of sp³-hybridized carbons (Fsp3) is 0.286. The largest absolute Gasteiger partial charge is 0.420 e. The minimum atomic E-state index is -4.60. The van der Waals surface area contributed by atoms with E-state index in [0.29, 0.717) is 12.3 Å². The number of nitrogens with one attached hydrogen (secondary N) is 2. The van der Waals surface area contributed by atoms with Gasteiger partial charge in [0.15, 0.2) is 0 Å². The van der Waals surface area contributed by atoms with Crippen LogP contribution in [0.15, 0.2) is 12.3 Å². The fourth-order valence-electron chi connectivity index (χ4n) is 0.993. The zero-order valence-corrected chi connectivity index (χ0v) is 7.55. The van der Waals surface area contributed by atoms with Crippen molar-refractivity contribution in [2.24, 2.45) is 0 Å². The monoisotopic (exact) mass is 222 g/mol. The number of rotatable bonds is 2. The van der Waals surface area contributed by atoms with E-state index in [1.165, 1.54) is 7.05 Å². The van der Waals surface area contributed by atoms with Crippen molar-refractivity contribution in [1.82, 2.24) is 0 Å². The Morgan fingerprint density at radius 2 is 2.13 bits per heavy atom. The summed E-state index contributed by atoms with van der Waals surface area (Å²) in [4.78, 5) is 11.7. The van der Waals surface area contributed by atoms with Gasteiger partial charge in [-0.15, -0.1) is 0 Å². The molecule has 0 aliphatic rings. The molecule has 1 heterocycles. The standard InChI is InChI=1S/C7H6F3N3O2/c1-11-6-5(13(14)15)2-4(3-12-6)7(8,9)10/h2-3H,1H3,(H,11,12)/p+1. The number of H-pyrrole nitrogens is 1. The van der Waals surface area contributed by atoms with Gasteiger partial charge in [0.05, 0.1) is 12.0 Å². The van der Waals surface area contributed by atoms with Crippen molar-refractivity contribution in [3.63, 3.8) is 0 Å². The molecule has 0 bridgehead atoms. The average molecular weight is 222 g/mol. The first-order valence-corrected chi connectivity index (χ1v) is 3.81. The van der Waals surface area contributed by atoms with Gasteiger partial charge in [-0.25, -0.2) is 4.98 Å². The third kappa shape index (κ3) is 2.33. The number of anilines is 1. The van der Waals surface area contributed by atoms with E-state index in [2.05, 4.69) is 10.3 Å². The molecule has 15 heavy (non-hydrogen) atoms. The summed E-state index contributed by atoms with van der Waals surface area (Å²) in [5.41, 5.74) is -1.74. The van der Waals surface area contributed by atoms with E-state index in [9.17, 15) is 23.3 Å². The minimum Gasteiger partial charge on any atom is -0.271 e. The van der Waals surface area contributed by atoms with Crippen molar-refractivity contribution < 1.29 is 23.1 Å². The topological polar surface area (TPSA) is 69.3 Å². The van der Waals surface area contributed by atoms with Crippen LogP contribution in [0.1, 0.15) is 5.56 Å². The predicted molar refractivity (Wildman–Crippen MR) is 44.2 cm³/mol. The third-order valence-corrected chi connectivity index (χ3v) is 1.69. The zero-order chi connectivity index (χ0) is 11.6. The molecule has 1 aromatic rings. The number of hydrogen-bond donors (Lipinski definition) is 1. The lowest BCUT2D eigenvalue weighted by molar-refractivity contribution is -0.411. The maximum absolute atomic E-state index is 12.2. The molecule has 0 unspecified atom stereocenters. The van der Waals surface area contributed by atoms with Gasteiger partial charge < -0.3 is 0 Å². The predicted octanol–water partition coefficient (Wildman–Crippen LogP) is 1.47. The van der Waals surface area contributed by atoms with Crippen molar-refractivity contribution in [3.8, 4) is 0 Å². The van der Waals surface area contributed by atoms with Crippen molar-refractivity contribution >= 4 is 11.5 Å². The van der Waals surface area contributed by atoms with Crippen LogP contribution in [-0.4, -0.2) is 12.0 Å². The number of nitrogens with zero attached hydrogens (tertiary/aromatic N) is 1. The Kier molecular flexibility index (Phi) is 2.78. The maximum atomic E-state index is 12.2. The minimum absolute atomic E-state index is 0.0759. The molecule has 0 aliphatic carbocycles. The smallest absolute Gasteiger partial charge is 0.271 e. The lowest BCUT2D eigenvalue weighted by Crippen LogP contribution is -2.17. The van der Waals surface area contributed by atoms with E-state index in [4.69, 9.17) is 0 Å². The van der Waals surface area contributed by atoms with Crippen LogP contribution in [-0.2, 0) is 6.18 Å². The molecule has 0 fully saturated rings. The van der Waals surface area contributed by atoms with E-state index in [-0.39, 0.29) is 5.82 Å². The Bertz CT molecular complexity index is 392. The number of nitro groups is 1. The lowest BCUT2D eigenvalue weighted by atomic mass is 10.2. The van der Waals surface area contributed by atoms with Gasteiger partial charge in [0.25, 0.3) is 0 Å². The lowest BCUT2D eigenvalue weighted by Gasteiger charge is -2.04. The number of halogens is 3. The van der Waals surface area contributed by atoms with E-state index in [0.717, 1.165) is 0 Å². The summed E-state index contributed by atoms with van der Waals surface area (Å²) in [7, 11) is 1.37. The molecule has 0 radical (unpaired) electrons. The molecule has 0 amide bonds. The zero-order valence-electron chi connectivity index (χ0n) is 7.55. The second-order valence-electron chi connectivity index (χ2n) is 2.65. The van der Waals surface area contributed by atoms with Crippen LogP contribution >= 0.6 is 0 Å². The average Bonchev–Trinajstić information content (AvgIpc) is 2.15. The van der Waals surface area contributed by atoms with E-state index in [1.807, 2.05) is 0 Å². The van der Waals surface area contributed by atoms with Crippen LogP contribution in [0.4, 0.5) is 24.7 Å². The molecule has 0 aromatic carbocycles. The summed E-state index contributed by atoms with van der Waals surface area (Å²) in [5.74, 6) is -0.0759. The molecule has 0 spiro atoms. The third-order valence-electron chi connectivity index (χ3n) is 1.69. The fourth-order valence-corrected chi connectivity index (χ4v) is 0.993. The molecule has 8 heteroatoms. The Hall–Kier alpha value is -1.86. The highest BCUT2D eigenvalue weighted by molar-refractivity contribution is 5.52. The van der Waals surface area contributed by atoms with Gasteiger partial charge in [-0.05, 0) is 0 Å². The normalized spacial score (nSPS) is 11.2. The number of pyridine rings is 1. The highest BCUT2D eigenvalue weighted by Crippen LogP contribution is 2.31. The molecule has 2 N–H and O–H groups in total. The van der Waals surface area contributed by atoms with Crippen LogP contribution in [0.5, 0.6) is 0 Å². The molecule has 0 atom stereocenters. The Labute approximate surface area is 82.1 Å². The van der Waals surface area contributed by atoms with Gasteiger partial charge in [-0.3, -0.25) is 15.4 Å². The molecule has 82 valence electrons. The van der Waals surface area contributed by atoms with E-state index < -0.39 is 22.4 Å². The van der Waals surface area contributed by atoms with Gasteiger partial charge >= 0.3 is 17.7 Å². The van der Waals surface area contributed by atoms with Crippen LogP contribution in [0.25, 0.3) is 0 Å². The molecule has 0 saturated heterocycles. The Balaban J connectivity index is 3.28. The highest BCUT2D eigenvalue weighted by Gasteiger charge is 2.35. The summed E-state index contributed by atoms with van der Waals surface area (Å²) in [6.45, 7) is 0.